The van der Waals surface area contributed by atoms with Gasteiger partial charge in [0.1, 0.15) is 0 Å². The van der Waals surface area contributed by atoms with Crippen molar-refractivity contribution in [3.63, 3.8) is 0 Å². The van der Waals surface area contributed by atoms with Crippen molar-refractivity contribution in [2.24, 2.45) is 0 Å². The minimum atomic E-state index is -5.16. The van der Waals surface area contributed by atoms with E-state index in [-0.39, 0.29) is 57.9 Å². The Morgan fingerprint density at radius 1 is 1.38 bits per heavy atom. The van der Waals surface area contributed by atoms with Crippen LogP contribution in [0.1, 0.15) is 15.9 Å². The predicted molar refractivity (Wildman–Crippen MR) is 65.6 cm³/mol. The van der Waals surface area contributed by atoms with E-state index >= 15 is 0 Å². The van der Waals surface area contributed by atoms with E-state index in [9.17, 15) is 17.7 Å². The monoisotopic (exact) mass is 323 g/mol. The first-order valence-electron chi connectivity index (χ1n) is 5.67. The number of aromatic nitrogens is 3. The fraction of sp³-hybridized carbons (Fsp3) is 0.182. The van der Waals surface area contributed by atoms with Gasteiger partial charge in [0.25, 0.3) is 0 Å². The molecular weight excluding hydrogens is 313 g/mol. The number of carbonyl (C=O) groups is 1. The molecule has 0 saturated carbocycles. The van der Waals surface area contributed by atoms with E-state index in [1.165, 1.54) is 13.2 Å². The zero-order valence-electron chi connectivity index (χ0n) is 11.5. The third-order valence-electron chi connectivity index (χ3n) is 2.58. The molecule has 0 spiro atoms. The average molecular weight is 323 g/mol. The van der Waals surface area contributed by atoms with E-state index in [2.05, 4.69) is 15.0 Å². The van der Waals surface area contributed by atoms with E-state index in [0.717, 1.165) is 10.9 Å². The number of nitrogens with zero attached hydrogens (tertiary/aromatic N) is 3. The molecule has 0 fully saturated rings. The van der Waals surface area contributed by atoms with Crippen LogP contribution in [0.5, 0.6) is 0 Å². The summed E-state index contributed by atoms with van der Waals surface area (Å²) >= 11 is 0. The van der Waals surface area contributed by atoms with E-state index in [4.69, 9.17) is 0 Å². The Bertz CT molecular complexity index is 633. The number of carbonyl (C=O) groups excluding carboxylic acids is 1. The molecule has 0 atom stereocenters. The first-order valence-corrected chi connectivity index (χ1v) is 5.67. The maximum absolute atomic E-state index is 12.4. The second-order valence-electron chi connectivity index (χ2n) is 4.11. The third-order valence-corrected chi connectivity index (χ3v) is 2.58. The SMILES string of the molecule is COC(=O)c1cccc(Cn2cc([B-](F)(F)F)nn2)c1.[K+]. The number of rotatable bonds is 4. The quantitative estimate of drug-likeness (QED) is 0.491. The minimum Gasteiger partial charge on any atom is -0.465 e. The van der Waals surface area contributed by atoms with Crippen LogP contribution in [0.25, 0.3) is 0 Å². The maximum Gasteiger partial charge on any atom is 1.00 e. The summed E-state index contributed by atoms with van der Waals surface area (Å²) in [6.45, 7) is -5.07. The van der Waals surface area contributed by atoms with E-state index in [0.29, 0.717) is 11.1 Å². The van der Waals surface area contributed by atoms with Gasteiger partial charge in [0, 0.05) is 11.8 Å². The van der Waals surface area contributed by atoms with Gasteiger partial charge in [0.05, 0.1) is 19.2 Å². The van der Waals surface area contributed by atoms with Gasteiger partial charge in [-0.05, 0) is 17.7 Å². The normalized spacial score (nSPS) is 10.9. The molecule has 1 heterocycles. The van der Waals surface area contributed by atoms with Crippen molar-refractivity contribution < 1.29 is 73.9 Å². The molecule has 0 aliphatic rings. The summed E-state index contributed by atoms with van der Waals surface area (Å²) in [5.74, 6) is -0.509. The Hall–Kier alpha value is -0.679. The molecule has 5 nitrogen and oxygen atoms in total. The maximum atomic E-state index is 12.4. The van der Waals surface area contributed by atoms with Crippen molar-refractivity contribution in [2.75, 3.05) is 7.11 Å². The van der Waals surface area contributed by atoms with Crippen molar-refractivity contribution >= 4 is 18.5 Å². The van der Waals surface area contributed by atoms with Crippen molar-refractivity contribution in [3.8, 4) is 0 Å². The third kappa shape index (κ3) is 4.92. The Morgan fingerprint density at radius 2 is 2.10 bits per heavy atom. The molecular formula is C11H10BF3KN3O2. The average Bonchev–Trinajstić information content (AvgIpc) is 2.86. The molecule has 0 bridgehead atoms. The Kier molecular flexibility index (Phi) is 6.60. The largest absolute Gasteiger partial charge is 1.00 e. The summed E-state index contributed by atoms with van der Waals surface area (Å²) in [5.41, 5.74) is -0.0430. The summed E-state index contributed by atoms with van der Waals surface area (Å²) in [4.78, 5) is 11.4. The van der Waals surface area contributed by atoms with Gasteiger partial charge in [-0.2, -0.15) is 5.10 Å². The van der Waals surface area contributed by atoms with E-state index in [1.807, 2.05) is 0 Å². The zero-order chi connectivity index (χ0) is 14.8. The summed E-state index contributed by atoms with van der Waals surface area (Å²) in [6, 6.07) is 6.38. The number of halogens is 3. The smallest absolute Gasteiger partial charge is 0.465 e. The zero-order valence-corrected chi connectivity index (χ0v) is 14.6. The molecule has 106 valence electrons. The van der Waals surface area contributed by atoms with Crippen LogP contribution in [-0.2, 0) is 11.3 Å². The topological polar surface area (TPSA) is 57.0 Å². The molecule has 0 aliphatic heterocycles. The summed E-state index contributed by atoms with van der Waals surface area (Å²) in [6.07, 6.45) is 0.838. The molecule has 0 N–H and O–H groups in total. The number of hydrogen-bond donors (Lipinski definition) is 0. The second-order valence-corrected chi connectivity index (χ2v) is 4.11. The molecule has 2 aromatic rings. The van der Waals surface area contributed by atoms with Crippen molar-refractivity contribution in [2.45, 2.75) is 6.54 Å². The van der Waals surface area contributed by atoms with Crippen LogP contribution >= 0.6 is 0 Å². The van der Waals surface area contributed by atoms with Crippen molar-refractivity contribution in [1.82, 2.24) is 15.0 Å². The van der Waals surface area contributed by atoms with Gasteiger partial charge in [-0.15, -0.1) is 0 Å². The Morgan fingerprint density at radius 3 is 2.67 bits per heavy atom. The van der Waals surface area contributed by atoms with Gasteiger partial charge in [-0.1, -0.05) is 17.3 Å². The van der Waals surface area contributed by atoms with Crippen molar-refractivity contribution in [1.29, 1.82) is 0 Å². The Balaban J connectivity index is 0.00000220. The van der Waals surface area contributed by atoms with Gasteiger partial charge in [-0.25, -0.2) is 4.79 Å². The fourth-order valence-corrected chi connectivity index (χ4v) is 1.64. The first-order chi connectivity index (χ1) is 9.40. The number of benzene rings is 1. The molecule has 0 aliphatic carbocycles. The number of methoxy groups -OCH3 is 1. The molecule has 1 aromatic carbocycles. The number of esters is 1. The van der Waals surface area contributed by atoms with Crippen molar-refractivity contribution in [3.05, 3.63) is 41.6 Å². The Labute approximate surface area is 161 Å². The number of hydrogen-bond acceptors (Lipinski definition) is 4. The fourth-order valence-electron chi connectivity index (χ4n) is 1.64. The summed E-state index contributed by atoms with van der Waals surface area (Å²) in [5, 5.41) is 6.50. The van der Waals surface area contributed by atoms with Gasteiger partial charge in [0.2, 0.25) is 0 Å². The minimum absolute atomic E-state index is 0. The molecule has 0 amide bonds. The van der Waals surface area contributed by atoms with Crippen LogP contribution in [0.4, 0.5) is 12.9 Å². The summed E-state index contributed by atoms with van der Waals surface area (Å²) < 4.78 is 43.0. The van der Waals surface area contributed by atoms with Crippen LogP contribution < -0.4 is 57.0 Å². The first kappa shape index (κ1) is 18.4. The van der Waals surface area contributed by atoms with Crippen LogP contribution in [0.2, 0.25) is 0 Å². The van der Waals surface area contributed by atoms with Crippen LogP contribution in [0, 0.1) is 0 Å². The van der Waals surface area contributed by atoms with E-state index < -0.39 is 18.5 Å². The van der Waals surface area contributed by atoms with Gasteiger partial charge >= 0.3 is 64.3 Å². The van der Waals surface area contributed by atoms with Crippen LogP contribution in [0.3, 0.4) is 0 Å². The molecule has 10 heteroatoms. The standard InChI is InChI=1S/C11H10BF3N3O2.K/c1-20-11(19)9-4-2-3-8(5-9)6-18-7-10(16-17-18)12(13,14)15;/h2-5,7H,6H2,1H3;/q-1;+1. The van der Waals surface area contributed by atoms with Gasteiger partial charge in [-0.3, -0.25) is 4.68 Å². The second kappa shape index (κ2) is 7.54. The predicted octanol–water partition coefficient (Wildman–Crippen LogP) is -1.83. The number of ether oxygens (including phenoxy) is 1. The summed E-state index contributed by atoms with van der Waals surface area (Å²) in [7, 11) is 1.25. The molecule has 21 heavy (non-hydrogen) atoms. The van der Waals surface area contributed by atoms with Gasteiger partial charge in [0.15, 0.2) is 0 Å². The van der Waals surface area contributed by atoms with Crippen LogP contribution in [-0.4, -0.2) is 35.1 Å². The molecule has 1 aromatic heterocycles. The molecule has 2 rings (SSSR count). The van der Waals surface area contributed by atoms with Crippen LogP contribution in [0.15, 0.2) is 30.5 Å². The molecule has 0 saturated heterocycles. The molecule has 0 radical (unpaired) electrons. The van der Waals surface area contributed by atoms with Gasteiger partial charge < -0.3 is 17.7 Å². The molecule has 0 unspecified atom stereocenters. The van der Waals surface area contributed by atoms with E-state index in [1.54, 1.807) is 18.2 Å².